The van der Waals surface area contributed by atoms with Gasteiger partial charge in [0.15, 0.2) is 0 Å². The highest BCUT2D eigenvalue weighted by Gasteiger charge is 2.26. The zero-order valence-corrected chi connectivity index (χ0v) is 21.2. The molecule has 0 aliphatic carbocycles. The molecule has 194 valence electrons. The quantitative estimate of drug-likeness (QED) is 0.164. The number of aromatic nitrogens is 2. The lowest BCUT2D eigenvalue weighted by molar-refractivity contribution is -0.384. The maximum atomic E-state index is 13.4. The molecule has 0 radical (unpaired) electrons. The number of nitrogens with zero attached hydrogens (tertiary/aromatic N) is 2. The van der Waals surface area contributed by atoms with Gasteiger partial charge in [0, 0.05) is 24.2 Å². The molecule has 3 N–H and O–H groups in total. The van der Waals surface area contributed by atoms with Gasteiger partial charge in [0.2, 0.25) is 5.95 Å². The van der Waals surface area contributed by atoms with Crippen LogP contribution in [0.3, 0.4) is 0 Å². The Morgan fingerprint density at radius 2 is 1.84 bits per heavy atom. The molecule has 1 aromatic heterocycles. The second-order valence-electron chi connectivity index (χ2n) is 8.05. The van der Waals surface area contributed by atoms with Crippen LogP contribution in [0.4, 0.5) is 17.3 Å². The summed E-state index contributed by atoms with van der Waals surface area (Å²) in [6.45, 7) is 0. The number of aromatic amines is 1. The number of fused-ring (bicyclic) bond motifs is 1. The first-order valence-electron chi connectivity index (χ1n) is 11.0. The Kier molecular flexibility index (Phi) is 7.89. The van der Waals surface area contributed by atoms with Crippen LogP contribution in [0.25, 0.3) is 10.9 Å². The maximum absolute atomic E-state index is 13.4. The smallest absolute Gasteiger partial charge is 0.328 e. The number of nitro groups is 1. The Labute approximate surface area is 224 Å². The summed E-state index contributed by atoms with van der Waals surface area (Å²) in [5, 5.41) is 17.3. The SMILES string of the molecule is COC(=O)[C@H](Cc1ccccc1)NC(=O)c1cc([N+](=O)[O-])cc2c(=O)[nH]c(Nc3ccc(Cl)c(Cl)c3)nc12. The second-order valence-corrected chi connectivity index (χ2v) is 8.87. The van der Waals surface area contributed by atoms with Gasteiger partial charge in [-0.3, -0.25) is 24.7 Å². The molecule has 1 heterocycles. The van der Waals surface area contributed by atoms with Gasteiger partial charge < -0.3 is 15.4 Å². The number of nitrogens with one attached hydrogen (secondary N) is 3. The molecule has 0 saturated carbocycles. The number of anilines is 2. The Bertz CT molecular complexity index is 1610. The lowest BCUT2D eigenvalue weighted by Gasteiger charge is -2.17. The van der Waals surface area contributed by atoms with Crippen molar-refractivity contribution in [1.29, 1.82) is 0 Å². The normalized spacial score (nSPS) is 11.6. The van der Waals surface area contributed by atoms with Crippen molar-refractivity contribution in [2.45, 2.75) is 12.5 Å². The molecule has 0 spiro atoms. The van der Waals surface area contributed by atoms with E-state index in [-0.39, 0.29) is 33.9 Å². The summed E-state index contributed by atoms with van der Waals surface area (Å²) in [6, 6.07) is 14.4. The summed E-state index contributed by atoms with van der Waals surface area (Å²) in [6.07, 6.45) is 0.101. The average Bonchev–Trinajstić information content (AvgIpc) is 2.90. The number of hydrogen-bond donors (Lipinski definition) is 3. The van der Waals surface area contributed by atoms with Crippen LogP contribution in [0.1, 0.15) is 15.9 Å². The van der Waals surface area contributed by atoms with Gasteiger partial charge in [-0.15, -0.1) is 0 Å². The molecule has 0 fully saturated rings. The minimum absolute atomic E-state index is 0.0578. The molecule has 3 aromatic carbocycles. The minimum Gasteiger partial charge on any atom is -0.467 e. The van der Waals surface area contributed by atoms with Gasteiger partial charge >= 0.3 is 5.97 Å². The zero-order valence-electron chi connectivity index (χ0n) is 19.7. The van der Waals surface area contributed by atoms with Crippen LogP contribution < -0.4 is 16.2 Å². The van der Waals surface area contributed by atoms with Crippen molar-refractivity contribution in [1.82, 2.24) is 15.3 Å². The number of carbonyl (C=O) groups is 2. The standard InChI is InChI=1S/C25H19Cl2N5O6/c1-38-24(35)20(9-13-5-3-2-4-6-13)29-22(33)16-11-15(32(36)37)12-17-21(16)30-25(31-23(17)34)28-14-7-8-18(26)19(27)10-14/h2-8,10-12,20H,9H2,1H3,(H,29,33)(H2,28,30,31,34)/t20-/m0/s1. The van der Waals surface area contributed by atoms with Crippen molar-refractivity contribution < 1.29 is 19.2 Å². The third kappa shape index (κ3) is 5.90. The van der Waals surface area contributed by atoms with Gasteiger partial charge in [0.05, 0.1) is 38.5 Å². The number of benzene rings is 3. The molecule has 4 aromatic rings. The summed E-state index contributed by atoms with van der Waals surface area (Å²) in [4.78, 5) is 56.3. The van der Waals surface area contributed by atoms with Crippen molar-refractivity contribution in [3.63, 3.8) is 0 Å². The fourth-order valence-corrected chi connectivity index (χ4v) is 4.00. The van der Waals surface area contributed by atoms with Gasteiger partial charge in [-0.25, -0.2) is 9.78 Å². The van der Waals surface area contributed by atoms with E-state index in [0.29, 0.717) is 10.7 Å². The van der Waals surface area contributed by atoms with Gasteiger partial charge in [0.1, 0.15) is 6.04 Å². The average molecular weight is 556 g/mol. The maximum Gasteiger partial charge on any atom is 0.328 e. The summed E-state index contributed by atoms with van der Waals surface area (Å²) >= 11 is 12.0. The number of rotatable bonds is 8. The molecule has 0 saturated heterocycles. The number of methoxy groups -OCH3 is 1. The van der Waals surface area contributed by atoms with Gasteiger partial charge in [-0.1, -0.05) is 53.5 Å². The first-order valence-corrected chi connectivity index (χ1v) is 11.8. The first kappa shape index (κ1) is 26.6. The molecule has 0 aliphatic rings. The van der Waals surface area contributed by atoms with E-state index in [1.165, 1.54) is 19.2 Å². The lowest BCUT2D eigenvalue weighted by atomic mass is 10.0. The molecule has 38 heavy (non-hydrogen) atoms. The summed E-state index contributed by atoms with van der Waals surface area (Å²) in [5.74, 6) is -1.63. The third-order valence-electron chi connectivity index (χ3n) is 5.51. The van der Waals surface area contributed by atoms with Crippen molar-refractivity contribution in [3.8, 4) is 0 Å². The molecule has 11 nitrogen and oxygen atoms in total. The van der Waals surface area contributed by atoms with Crippen molar-refractivity contribution in [2.24, 2.45) is 0 Å². The van der Waals surface area contributed by atoms with Crippen LogP contribution in [0.15, 0.2) is 65.5 Å². The number of carbonyl (C=O) groups excluding carboxylic acids is 2. The van der Waals surface area contributed by atoms with E-state index in [1.54, 1.807) is 36.4 Å². The van der Waals surface area contributed by atoms with Crippen LogP contribution in [-0.4, -0.2) is 39.9 Å². The van der Waals surface area contributed by atoms with Crippen molar-refractivity contribution in [3.05, 3.63) is 102 Å². The number of H-pyrrole nitrogens is 1. The van der Waals surface area contributed by atoms with Crippen LogP contribution in [-0.2, 0) is 16.0 Å². The van der Waals surface area contributed by atoms with Crippen LogP contribution in [0, 0.1) is 10.1 Å². The van der Waals surface area contributed by atoms with E-state index in [1.807, 2.05) is 0 Å². The Balaban J connectivity index is 1.76. The van der Waals surface area contributed by atoms with E-state index >= 15 is 0 Å². The summed E-state index contributed by atoms with van der Waals surface area (Å²) in [7, 11) is 1.18. The van der Waals surface area contributed by atoms with E-state index in [9.17, 15) is 24.5 Å². The van der Waals surface area contributed by atoms with Gasteiger partial charge in [-0.2, -0.15) is 0 Å². The van der Waals surface area contributed by atoms with E-state index < -0.39 is 34.1 Å². The topological polar surface area (TPSA) is 156 Å². The third-order valence-corrected chi connectivity index (χ3v) is 6.25. The van der Waals surface area contributed by atoms with Crippen LogP contribution >= 0.6 is 23.2 Å². The number of halogens is 2. The fraction of sp³-hybridized carbons (Fsp3) is 0.120. The fourth-order valence-electron chi connectivity index (χ4n) is 3.70. The predicted octanol–water partition coefficient (Wildman–Crippen LogP) is 4.40. The van der Waals surface area contributed by atoms with E-state index in [4.69, 9.17) is 27.9 Å². The first-order chi connectivity index (χ1) is 18.2. The number of esters is 1. The highest BCUT2D eigenvalue weighted by atomic mass is 35.5. The molecule has 1 atom stereocenters. The minimum atomic E-state index is -1.11. The number of ether oxygens (including phenoxy) is 1. The van der Waals surface area contributed by atoms with E-state index in [2.05, 4.69) is 20.6 Å². The molecule has 0 aliphatic heterocycles. The van der Waals surface area contributed by atoms with Crippen LogP contribution in [0.2, 0.25) is 10.0 Å². The van der Waals surface area contributed by atoms with E-state index in [0.717, 1.165) is 17.7 Å². The van der Waals surface area contributed by atoms with Crippen LogP contribution in [0.5, 0.6) is 0 Å². The predicted molar refractivity (Wildman–Crippen MR) is 142 cm³/mol. The Hall–Kier alpha value is -4.48. The number of amides is 1. The highest BCUT2D eigenvalue weighted by Crippen LogP contribution is 2.27. The molecule has 4 rings (SSSR count). The second kappa shape index (κ2) is 11.3. The van der Waals surface area contributed by atoms with Crippen molar-refractivity contribution in [2.75, 3.05) is 12.4 Å². The Morgan fingerprint density at radius 1 is 1.11 bits per heavy atom. The summed E-state index contributed by atoms with van der Waals surface area (Å²) in [5.41, 5.74) is -0.456. The molecule has 13 heteroatoms. The van der Waals surface area contributed by atoms with Gasteiger partial charge in [-0.05, 0) is 23.8 Å². The molecule has 0 bridgehead atoms. The summed E-state index contributed by atoms with van der Waals surface area (Å²) < 4.78 is 4.83. The number of nitro benzene ring substituents is 1. The monoisotopic (exact) mass is 555 g/mol. The number of hydrogen-bond acceptors (Lipinski definition) is 8. The van der Waals surface area contributed by atoms with Crippen molar-refractivity contribution >= 4 is 63.3 Å². The zero-order chi connectivity index (χ0) is 27.4. The molecular formula is C25H19Cl2N5O6. The highest BCUT2D eigenvalue weighted by molar-refractivity contribution is 6.42. The number of non-ortho nitro benzene ring substituents is 1. The lowest BCUT2D eigenvalue weighted by Crippen LogP contribution is -2.43. The largest absolute Gasteiger partial charge is 0.467 e. The molecule has 1 amide bonds. The molecular weight excluding hydrogens is 537 g/mol. The molecule has 0 unspecified atom stereocenters. The van der Waals surface area contributed by atoms with Gasteiger partial charge in [0.25, 0.3) is 17.2 Å². The Morgan fingerprint density at radius 3 is 2.50 bits per heavy atom.